The van der Waals surface area contributed by atoms with Gasteiger partial charge in [0.2, 0.25) is 0 Å². The van der Waals surface area contributed by atoms with Crippen molar-refractivity contribution in [1.29, 1.82) is 0 Å². The molecule has 0 radical (unpaired) electrons. The number of benzene rings is 1. The van der Waals surface area contributed by atoms with Crippen LogP contribution in [0.15, 0.2) is 65.6 Å². The Morgan fingerprint density at radius 3 is 2.61 bits per heavy atom. The number of allylic oxidation sites excluding steroid dienone is 4. The molecule has 1 N–H and O–H groups in total. The number of nitrogens with one attached hydrogen (secondary N) is 1. The Balaban J connectivity index is 1.95. The summed E-state index contributed by atoms with van der Waals surface area (Å²) in [7, 11) is -3.76. The molecule has 1 aliphatic rings. The first-order chi connectivity index (χ1) is 11.1. The average molecular weight is 348 g/mol. The van der Waals surface area contributed by atoms with E-state index in [1.54, 1.807) is 12.1 Å². The maximum Gasteiger partial charge on any atom is 0.263 e. The van der Waals surface area contributed by atoms with Crippen LogP contribution in [-0.4, -0.2) is 18.6 Å². The molecule has 1 aromatic heterocycles. The summed E-state index contributed by atoms with van der Waals surface area (Å²) in [5, 5.41) is 7.57. The fourth-order valence-corrected chi connectivity index (χ4v) is 3.79. The quantitative estimate of drug-likeness (QED) is 0.918. The SMILES string of the molecule is O=S(=O)(Nc1ccc(Cl)nn1)c1ccccc1C1C=CC=CC1. The maximum absolute atomic E-state index is 12.7. The van der Waals surface area contributed by atoms with Gasteiger partial charge in [-0.1, -0.05) is 54.1 Å². The van der Waals surface area contributed by atoms with Crippen molar-refractivity contribution in [2.45, 2.75) is 17.2 Å². The third-order valence-corrected chi connectivity index (χ3v) is 5.09. The minimum absolute atomic E-state index is 0.0316. The second-order valence-corrected chi connectivity index (χ2v) is 7.08. The lowest BCUT2D eigenvalue weighted by Crippen LogP contribution is -2.17. The van der Waals surface area contributed by atoms with Crippen LogP contribution < -0.4 is 4.72 Å². The van der Waals surface area contributed by atoms with Crippen molar-refractivity contribution in [2.24, 2.45) is 0 Å². The largest absolute Gasteiger partial charge is 0.263 e. The van der Waals surface area contributed by atoms with Crippen molar-refractivity contribution < 1.29 is 8.42 Å². The standard InChI is InChI=1S/C16H14ClN3O2S/c17-15-10-11-16(19-18-15)20-23(21,22)14-9-5-4-8-13(14)12-6-2-1-3-7-12/h1-6,8-12H,7H2,(H,19,20). The highest BCUT2D eigenvalue weighted by Gasteiger charge is 2.22. The molecule has 0 saturated carbocycles. The summed E-state index contributed by atoms with van der Waals surface area (Å²) in [4.78, 5) is 0.238. The number of rotatable bonds is 4. The van der Waals surface area contributed by atoms with Crippen LogP contribution in [0.25, 0.3) is 0 Å². The van der Waals surface area contributed by atoms with Crippen LogP contribution >= 0.6 is 11.6 Å². The maximum atomic E-state index is 12.7. The summed E-state index contributed by atoms with van der Waals surface area (Å²) in [5.41, 5.74) is 0.752. The van der Waals surface area contributed by atoms with Crippen molar-refractivity contribution in [1.82, 2.24) is 10.2 Å². The van der Waals surface area contributed by atoms with Gasteiger partial charge in [0.05, 0.1) is 4.90 Å². The third-order valence-electron chi connectivity index (χ3n) is 3.46. The molecule has 5 nitrogen and oxygen atoms in total. The number of hydrogen-bond acceptors (Lipinski definition) is 4. The van der Waals surface area contributed by atoms with E-state index in [0.29, 0.717) is 0 Å². The van der Waals surface area contributed by atoms with E-state index in [0.717, 1.165) is 12.0 Å². The number of nitrogens with zero attached hydrogens (tertiary/aromatic N) is 2. The first-order valence-electron chi connectivity index (χ1n) is 7.00. The smallest absolute Gasteiger partial charge is 0.262 e. The van der Waals surface area contributed by atoms with Crippen LogP contribution in [0, 0.1) is 0 Å². The van der Waals surface area contributed by atoms with E-state index in [1.807, 2.05) is 36.4 Å². The molecular weight excluding hydrogens is 334 g/mol. The Bertz CT molecular complexity index is 861. The zero-order chi connectivity index (χ0) is 16.3. The molecule has 23 heavy (non-hydrogen) atoms. The van der Waals surface area contributed by atoms with Crippen LogP contribution in [0.1, 0.15) is 17.9 Å². The monoisotopic (exact) mass is 347 g/mol. The van der Waals surface area contributed by atoms with Gasteiger partial charge in [0, 0.05) is 5.92 Å². The zero-order valence-electron chi connectivity index (χ0n) is 12.1. The highest BCUT2D eigenvalue weighted by Crippen LogP contribution is 2.30. The van der Waals surface area contributed by atoms with Gasteiger partial charge in [0.25, 0.3) is 10.0 Å². The minimum atomic E-state index is -3.76. The number of halogens is 1. The van der Waals surface area contributed by atoms with Gasteiger partial charge in [-0.2, -0.15) is 0 Å². The van der Waals surface area contributed by atoms with E-state index in [1.165, 1.54) is 12.1 Å². The van der Waals surface area contributed by atoms with E-state index in [2.05, 4.69) is 14.9 Å². The topological polar surface area (TPSA) is 72.0 Å². The van der Waals surface area contributed by atoms with E-state index < -0.39 is 10.0 Å². The summed E-state index contributed by atoms with van der Waals surface area (Å²) in [6.45, 7) is 0. The molecule has 0 saturated heterocycles. The van der Waals surface area contributed by atoms with Gasteiger partial charge in [-0.05, 0) is 30.2 Å². The number of anilines is 1. The molecule has 0 aliphatic heterocycles. The van der Waals surface area contributed by atoms with Gasteiger partial charge < -0.3 is 0 Å². The number of sulfonamides is 1. The molecule has 2 aromatic rings. The highest BCUT2D eigenvalue weighted by molar-refractivity contribution is 7.92. The molecule has 1 aromatic carbocycles. The van der Waals surface area contributed by atoms with Gasteiger partial charge in [0.1, 0.15) is 0 Å². The minimum Gasteiger partial charge on any atom is -0.262 e. The van der Waals surface area contributed by atoms with Gasteiger partial charge in [-0.15, -0.1) is 10.2 Å². The predicted molar refractivity (Wildman–Crippen MR) is 89.9 cm³/mol. The van der Waals surface area contributed by atoms with Crippen LogP contribution in [0.3, 0.4) is 0 Å². The molecule has 0 bridgehead atoms. The van der Waals surface area contributed by atoms with Gasteiger partial charge in [0.15, 0.2) is 11.0 Å². The third kappa shape index (κ3) is 3.60. The van der Waals surface area contributed by atoms with Crippen LogP contribution in [0.5, 0.6) is 0 Å². The molecule has 1 unspecified atom stereocenters. The Morgan fingerprint density at radius 2 is 1.91 bits per heavy atom. The Hall–Kier alpha value is -2.18. The molecule has 7 heteroatoms. The van der Waals surface area contributed by atoms with Gasteiger partial charge in [-0.3, -0.25) is 4.72 Å². The molecule has 1 atom stereocenters. The molecule has 1 heterocycles. The second kappa shape index (κ2) is 6.52. The summed E-state index contributed by atoms with van der Waals surface area (Å²) < 4.78 is 27.8. The normalized spacial score (nSPS) is 17.2. The van der Waals surface area contributed by atoms with E-state index in [9.17, 15) is 8.42 Å². The second-order valence-electron chi connectivity index (χ2n) is 5.04. The van der Waals surface area contributed by atoms with Crippen molar-refractivity contribution >= 4 is 27.4 Å². The number of aromatic nitrogens is 2. The fourth-order valence-electron chi connectivity index (χ4n) is 2.41. The van der Waals surface area contributed by atoms with E-state index in [4.69, 9.17) is 11.6 Å². The van der Waals surface area contributed by atoms with Crippen molar-refractivity contribution in [3.63, 3.8) is 0 Å². The summed E-state index contributed by atoms with van der Waals surface area (Å²) >= 11 is 5.66. The summed E-state index contributed by atoms with van der Waals surface area (Å²) in [6.07, 6.45) is 8.66. The first-order valence-corrected chi connectivity index (χ1v) is 8.87. The average Bonchev–Trinajstić information content (AvgIpc) is 2.58. The molecule has 1 aliphatic carbocycles. The molecule has 0 spiro atoms. The fraction of sp³-hybridized carbons (Fsp3) is 0.125. The van der Waals surface area contributed by atoms with Crippen LogP contribution in [0.4, 0.5) is 5.82 Å². The number of hydrogen-bond donors (Lipinski definition) is 1. The lowest BCUT2D eigenvalue weighted by Gasteiger charge is -2.18. The lowest BCUT2D eigenvalue weighted by atomic mass is 9.93. The van der Waals surface area contributed by atoms with E-state index in [-0.39, 0.29) is 21.8 Å². The molecule has 0 fully saturated rings. The van der Waals surface area contributed by atoms with E-state index >= 15 is 0 Å². The van der Waals surface area contributed by atoms with Crippen molar-refractivity contribution in [3.8, 4) is 0 Å². The van der Waals surface area contributed by atoms with Gasteiger partial charge in [-0.25, -0.2) is 8.42 Å². The Labute approximate surface area is 139 Å². The lowest BCUT2D eigenvalue weighted by molar-refractivity contribution is 0.598. The summed E-state index contributed by atoms with van der Waals surface area (Å²) in [5.74, 6) is 0.160. The van der Waals surface area contributed by atoms with Crippen molar-refractivity contribution in [3.05, 3.63) is 71.4 Å². The first kappa shape index (κ1) is 15.7. The highest BCUT2D eigenvalue weighted by atomic mass is 35.5. The molecule has 0 amide bonds. The summed E-state index contributed by atoms with van der Waals surface area (Å²) in [6, 6.07) is 9.91. The molecule has 3 rings (SSSR count). The zero-order valence-corrected chi connectivity index (χ0v) is 13.6. The molecule has 118 valence electrons. The Kier molecular flexibility index (Phi) is 4.45. The Morgan fingerprint density at radius 1 is 1.09 bits per heavy atom. The van der Waals surface area contributed by atoms with Crippen molar-refractivity contribution in [2.75, 3.05) is 4.72 Å². The molecular formula is C16H14ClN3O2S. The van der Waals surface area contributed by atoms with Gasteiger partial charge >= 0.3 is 0 Å². The van der Waals surface area contributed by atoms with Crippen LogP contribution in [0.2, 0.25) is 5.15 Å². The predicted octanol–water partition coefficient (Wildman–Crippen LogP) is 3.53. The van der Waals surface area contributed by atoms with Crippen LogP contribution in [-0.2, 0) is 10.0 Å².